The molecule has 0 bridgehead atoms. The molecule has 1 heterocycles. The topological polar surface area (TPSA) is 76.1 Å². The summed E-state index contributed by atoms with van der Waals surface area (Å²) in [4.78, 5) is 24.8. The molecule has 1 atom stereocenters. The molecule has 1 fully saturated rings. The molecule has 0 saturated carbocycles. The fraction of sp³-hybridized carbons (Fsp3) is 0.364. The highest BCUT2D eigenvalue weighted by Gasteiger charge is 2.33. The fourth-order valence-electron chi connectivity index (χ4n) is 3.34. The van der Waals surface area contributed by atoms with Crippen LogP contribution in [0.1, 0.15) is 23.1 Å². The summed E-state index contributed by atoms with van der Waals surface area (Å²) in [5.41, 5.74) is 3.23. The van der Waals surface area contributed by atoms with E-state index in [1.54, 1.807) is 12.0 Å². The summed E-state index contributed by atoms with van der Waals surface area (Å²) in [5, 5.41) is 9.12. The second-order valence-electron chi connectivity index (χ2n) is 7.02. The van der Waals surface area contributed by atoms with E-state index in [1.165, 1.54) is 0 Å². The molecule has 1 amide bonds. The van der Waals surface area contributed by atoms with Gasteiger partial charge in [0.2, 0.25) is 5.91 Å². The van der Waals surface area contributed by atoms with Gasteiger partial charge >= 0.3 is 5.97 Å². The molecule has 28 heavy (non-hydrogen) atoms. The first-order chi connectivity index (χ1) is 13.5. The number of carboxylic acid groups (broad SMARTS) is 1. The Hall–Kier alpha value is -3.02. The number of aryl methyl sites for hydroxylation is 1. The van der Waals surface area contributed by atoms with Crippen LogP contribution in [0.15, 0.2) is 42.5 Å². The SMILES string of the molecule is COc1ccc(CCN2CC(C(=O)O)CC2=O)c(OCc2ccccc2C)c1. The van der Waals surface area contributed by atoms with Crippen molar-refractivity contribution < 1.29 is 24.2 Å². The highest BCUT2D eigenvalue weighted by Crippen LogP contribution is 2.27. The number of likely N-dealkylation sites (tertiary alicyclic amines) is 1. The molecule has 0 spiro atoms. The van der Waals surface area contributed by atoms with Crippen LogP contribution in [0.5, 0.6) is 11.5 Å². The Morgan fingerprint density at radius 3 is 2.68 bits per heavy atom. The molecule has 2 aromatic carbocycles. The van der Waals surface area contributed by atoms with Crippen LogP contribution < -0.4 is 9.47 Å². The van der Waals surface area contributed by atoms with Gasteiger partial charge in [0, 0.05) is 25.6 Å². The minimum absolute atomic E-state index is 0.0780. The van der Waals surface area contributed by atoms with Crippen LogP contribution in [-0.4, -0.2) is 42.1 Å². The summed E-state index contributed by atoms with van der Waals surface area (Å²) in [6.07, 6.45) is 0.666. The van der Waals surface area contributed by atoms with Crippen LogP contribution in [0.25, 0.3) is 0 Å². The first kappa shape index (κ1) is 19.7. The van der Waals surface area contributed by atoms with Crippen molar-refractivity contribution in [2.24, 2.45) is 5.92 Å². The number of carbonyl (C=O) groups excluding carboxylic acids is 1. The third kappa shape index (κ3) is 4.63. The van der Waals surface area contributed by atoms with E-state index >= 15 is 0 Å². The first-order valence-electron chi connectivity index (χ1n) is 9.32. The summed E-state index contributed by atoms with van der Waals surface area (Å²) >= 11 is 0. The molecule has 1 saturated heterocycles. The third-order valence-corrected chi connectivity index (χ3v) is 5.13. The number of aliphatic carboxylic acids is 1. The van der Waals surface area contributed by atoms with Crippen molar-refractivity contribution in [3.8, 4) is 11.5 Å². The predicted molar refractivity (Wildman–Crippen MR) is 105 cm³/mol. The van der Waals surface area contributed by atoms with Crippen molar-refractivity contribution in [3.05, 3.63) is 59.2 Å². The summed E-state index contributed by atoms with van der Waals surface area (Å²) < 4.78 is 11.4. The second kappa shape index (κ2) is 8.78. The quantitative estimate of drug-likeness (QED) is 0.758. The van der Waals surface area contributed by atoms with Crippen LogP contribution in [-0.2, 0) is 22.6 Å². The van der Waals surface area contributed by atoms with Crippen LogP contribution >= 0.6 is 0 Å². The number of rotatable bonds is 8. The number of benzene rings is 2. The van der Waals surface area contributed by atoms with Gasteiger partial charge < -0.3 is 19.5 Å². The second-order valence-corrected chi connectivity index (χ2v) is 7.02. The highest BCUT2D eigenvalue weighted by molar-refractivity contribution is 5.86. The summed E-state index contributed by atoms with van der Waals surface area (Å²) in [7, 11) is 1.61. The Labute approximate surface area is 164 Å². The van der Waals surface area contributed by atoms with Crippen molar-refractivity contribution in [1.82, 2.24) is 4.90 Å². The van der Waals surface area contributed by atoms with E-state index in [0.717, 1.165) is 16.7 Å². The number of carboxylic acids is 1. The van der Waals surface area contributed by atoms with Crippen molar-refractivity contribution in [2.45, 2.75) is 26.4 Å². The molecule has 0 aliphatic carbocycles. The van der Waals surface area contributed by atoms with Gasteiger partial charge in [0.25, 0.3) is 0 Å². The van der Waals surface area contributed by atoms with Gasteiger partial charge in [0.15, 0.2) is 0 Å². The van der Waals surface area contributed by atoms with Crippen LogP contribution in [0.2, 0.25) is 0 Å². The van der Waals surface area contributed by atoms with Gasteiger partial charge in [-0.1, -0.05) is 30.3 Å². The zero-order valence-electron chi connectivity index (χ0n) is 16.2. The number of carbonyl (C=O) groups is 2. The maximum absolute atomic E-state index is 12.1. The number of ether oxygens (including phenoxy) is 2. The maximum Gasteiger partial charge on any atom is 0.308 e. The molecule has 1 N–H and O–H groups in total. The smallest absolute Gasteiger partial charge is 0.308 e. The Bertz CT molecular complexity index is 864. The van der Waals surface area contributed by atoms with E-state index in [-0.39, 0.29) is 18.9 Å². The lowest BCUT2D eigenvalue weighted by Crippen LogP contribution is -2.28. The van der Waals surface area contributed by atoms with E-state index in [0.29, 0.717) is 31.1 Å². The average molecular weight is 383 g/mol. The van der Waals surface area contributed by atoms with Crippen LogP contribution in [0.3, 0.4) is 0 Å². The normalized spacial score (nSPS) is 16.3. The van der Waals surface area contributed by atoms with E-state index in [4.69, 9.17) is 14.6 Å². The van der Waals surface area contributed by atoms with Crippen molar-refractivity contribution in [2.75, 3.05) is 20.2 Å². The van der Waals surface area contributed by atoms with Crippen molar-refractivity contribution in [3.63, 3.8) is 0 Å². The summed E-state index contributed by atoms with van der Waals surface area (Å²) in [6, 6.07) is 13.7. The van der Waals surface area contributed by atoms with E-state index < -0.39 is 11.9 Å². The molecule has 2 aromatic rings. The summed E-state index contributed by atoms with van der Waals surface area (Å²) in [6.45, 7) is 3.22. The van der Waals surface area contributed by atoms with Gasteiger partial charge in [-0.15, -0.1) is 0 Å². The zero-order chi connectivity index (χ0) is 20.1. The lowest BCUT2D eigenvalue weighted by Gasteiger charge is -2.18. The molecule has 148 valence electrons. The highest BCUT2D eigenvalue weighted by atomic mass is 16.5. The molecule has 6 nitrogen and oxygen atoms in total. The first-order valence-corrected chi connectivity index (χ1v) is 9.32. The monoisotopic (exact) mass is 383 g/mol. The number of amides is 1. The zero-order valence-corrected chi connectivity index (χ0v) is 16.2. The third-order valence-electron chi connectivity index (χ3n) is 5.13. The minimum Gasteiger partial charge on any atom is -0.497 e. The van der Waals surface area contributed by atoms with Gasteiger partial charge in [-0.3, -0.25) is 9.59 Å². The van der Waals surface area contributed by atoms with Crippen molar-refractivity contribution >= 4 is 11.9 Å². The van der Waals surface area contributed by atoms with Crippen LogP contribution in [0, 0.1) is 12.8 Å². The molecule has 0 radical (unpaired) electrons. The van der Waals surface area contributed by atoms with Gasteiger partial charge in [0.05, 0.1) is 13.0 Å². The molecule has 6 heteroatoms. The molecule has 3 rings (SSSR count). The number of nitrogens with zero attached hydrogens (tertiary/aromatic N) is 1. The Morgan fingerprint density at radius 1 is 1.21 bits per heavy atom. The minimum atomic E-state index is -0.914. The van der Waals surface area contributed by atoms with E-state index in [1.807, 2.05) is 49.4 Å². The Kier molecular flexibility index (Phi) is 6.19. The lowest BCUT2D eigenvalue weighted by molar-refractivity contribution is -0.141. The van der Waals surface area contributed by atoms with Crippen molar-refractivity contribution in [1.29, 1.82) is 0 Å². The van der Waals surface area contributed by atoms with Gasteiger partial charge in [-0.25, -0.2) is 0 Å². The number of methoxy groups -OCH3 is 1. The average Bonchev–Trinajstić information content (AvgIpc) is 3.07. The van der Waals surface area contributed by atoms with Crippen LogP contribution in [0.4, 0.5) is 0 Å². The fourth-order valence-corrected chi connectivity index (χ4v) is 3.34. The van der Waals surface area contributed by atoms with E-state index in [9.17, 15) is 9.59 Å². The standard InChI is InChI=1S/C22H25NO5/c1-15-5-3-4-6-17(15)14-28-20-12-19(27-2)8-7-16(20)9-10-23-13-18(22(25)26)11-21(23)24/h3-8,12,18H,9-11,13-14H2,1-2H3,(H,25,26). The van der Waals surface area contributed by atoms with Gasteiger partial charge in [-0.2, -0.15) is 0 Å². The maximum atomic E-state index is 12.1. The Balaban J connectivity index is 1.69. The molecular weight excluding hydrogens is 358 g/mol. The molecule has 0 aromatic heterocycles. The Morgan fingerprint density at radius 2 is 2.00 bits per heavy atom. The number of hydrogen-bond acceptors (Lipinski definition) is 4. The molecular formula is C22H25NO5. The van der Waals surface area contributed by atoms with Gasteiger partial charge in [0.1, 0.15) is 18.1 Å². The summed E-state index contributed by atoms with van der Waals surface area (Å²) in [5.74, 6) is -0.221. The number of hydrogen-bond donors (Lipinski definition) is 1. The molecule has 1 aliphatic rings. The largest absolute Gasteiger partial charge is 0.497 e. The van der Waals surface area contributed by atoms with E-state index in [2.05, 4.69) is 0 Å². The molecule has 1 aliphatic heterocycles. The lowest BCUT2D eigenvalue weighted by atomic mass is 10.1. The van der Waals surface area contributed by atoms with Gasteiger partial charge in [-0.05, 0) is 36.1 Å². The molecule has 1 unspecified atom stereocenters. The predicted octanol–water partition coefficient (Wildman–Crippen LogP) is 3.06.